The maximum absolute atomic E-state index is 12.7. The van der Waals surface area contributed by atoms with E-state index in [-0.39, 0.29) is 30.1 Å². The van der Waals surface area contributed by atoms with Crippen LogP contribution in [0.1, 0.15) is 41.8 Å². The van der Waals surface area contributed by atoms with E-state index < -0.39 is 5.92 Å². The van der Waals surface area contributed by atoms with E-state index in [9.17, 15) is 14.4 Å². The number of carbonyl (C=O) groups excluding carboxylic acids is 3. The highest BCUT2D eigenvalue weighted by atomic mass is 16.5. The second-order valence-electron chi connectivity index (χ2n) is 8.25. The van der Waals surface area contributed by atoms with E-state index in [4.69, 9.17) is 4.74 Å². The molecule has 1 aliphatic rings. The van der Waals surface area contributed by atoms with Crippen LogP contribution in [0.15, 0.2) is 42.5 Å². The fraction of sp³-hybridized carbons (Fsp3) is 0.375. The molecule has 1 N–H and O–H groups in total. The van der Waals surface area contributed by atoms with Crippen molar-refractivity contribution in [2.75, 3.05) is 23.4 Å². The van der Waals surface area contributed by atoms with Crippen molar-refractivity contribution in [3.05, 3.63) is 59.2 Å². The number of benzene rings is 2. The molecule has 1 saturated heterocycles. The normalized spacial score (nSPS) is 16.1. The van der Waals surface area contributed by atoms with Crippen LogP contribution in [0.3, 0.4) is 0 Å². The van der Waals surface area contributed by atoms with Crippen molar-refractivity contribution >= 4 is 29.2 Å². The van der Waals surface area contributed by atoms with Gasteiger partial charge in [-0.05, 0) is 55.7 Å². The van der Waals surface area contributed by atoms with E-state index >= 15 is 0 Å². The number of carbonyl (C=O) groups is 3. The van der Waals surface area contributed by atoms with Gasteiger partial charge in [0.15, 0.2) is 0 Å². The molecule has 1 fully saturated rings. The third-order valence-electron chi connectivity index (χ3n) is 5.07. The van der Waals surface area contributed by atoms with Gasteiger partial charge in [-0.25, -0.2) is 4.79 Å². The highest BCUT2D eigenvalue weighted by Crippen LogP contribution is 2.29. The van der Waals surface area contributed by atoms with Crippen LogP contribution in [0.4, 0.5) is 11.4 Å². The molecule has 1 aliphatic heterocycles. The first-order chi connectivity index (χ1) is 14.2. The molecule has 0 aliphatic carbocycles. The number of rotatable bonds is 6. The Morgan fingerprint density at radius 3 is 2.47 bits per heavy atom. The average Bonchev–Trinajstić information content (AvgIpc) is 3.08. The maximum atomic E-state index is 12.7. The maximum Gasteiger partial charge on any atom is 0.338 e. The van der Waals surface area contributed by atoms with Gasteiger partial charge in [0.25, 0.3) is 0 Å². The molecule has 0 spiro atoms. The number of amides is 2. The Kier molecular flexibility index (Phi) is 6.55. The molecule has 1 heterocycles. The van der Waals surface area contributed by atoms with Crippen molar-refractivity contribution in [1.29, 1.82) is 0 Å². The van der Waals surface area contributed by atoms with Gasteiger partial charge < -0.3 is 15.0 Å². The first kappa shape index (κ1) is 21.6. The number of hydrogen-bond acceptors (Lipinski definition) is 4. The lowest BCUT2D eigenvalue weighted by atomic mass is 10.1. The second-order valence-corrected chi connectivity index (χ2v) is 8.25. The quantitative estimate of drug-likeness (QED) is 0.730. The number of hydrogen-bond donors (Lipinski definition) is 1. The zero-order valence-electron chi connectivity index (χ0n) is 17.9. The van der Waals surface area contributed by atoms with Gasteiger partial charge in [-0.2, -0.15) is 0 Å². The standard InChI is InChI=1S/C24H28N2O4/c1-15(2)14-30-24(29)18-6-8-20(9-7-18)25-23(28)19-12-22(27)26(13-19)21-10-5-16(3)11-17(21)4/h5-11,15,19H,12-14H2,1-4H3,(H,25,28)/t19-/m1/s1. The third-order valence-corrected chi connectivity index (χ3v) is 5.07. The van der Waals surface area contributed by atoms with Crippen molar-refractivity contribution in [2.45, 2.75) is 34.1 Å². The minimum Gasteiger partial charge on any atom is -0.462 e. The topological polar surface area (TPSA) is 75.7 Å². The van der Waals surface area contributed by atoms with E-state index in [0.717, 1.165) is 16.8 Å². The van der Waals surface area contributed by atoms with Crippen molar-refractivity contribution in [2.24, 2.45) is 11.8 Å². The lowest BCUT2D eigenvalue weighted by Crippen LogP contribution is -2.28. The van der Waals surface area contributed by atoms with Crippen LogP contribution in [0, 0.1) is 25.7 Å². The Bertz CT molecular complexity index is 950. The molecule has 158 valence electrons. The van der Waals surface area contributed by atoms with Crippen LogP contribution >= 0.6 is 0 Å². The van der Waals surface area contributed by atoms with Crippen LogP contribution in [0.5, 0.6) is 0 Å². The SMILES string of the molecule is Cc1ccc(N2C[C@H](C(=O)Nc3ccc(C(=O)OCC(C)C)cc3)CC2=O)c(C)c1. The van der Waals surface area contributed by atoms with E-state index in [0.29, 0.717) is 24.4 Å². The van der Waals surface area contributed by atoms with Crippen molar-refractivity contribution in [3.63, 3.8) is 0 Å². The van der Waals surface area contributed by atoms with E-state index in [1.807, 2.05) is 45.9 Å². The third kappa shape index (κ3) is 5.06. The van der Waals surface area contributed by atoms with E-state index in [1.54, 1.807) is 29.2 Å². The molecule has 0 unspecified atom stereocenters. The summed E-state index contributed by atoms with van der Waals surface area (Å²) in [7, 11) is 0. The minimum absolute atomic E-state index is 0.0506. The van der Waals surface area contributed by atoms with E-state index in [1.165, 1.54) is 0 Å². The van der Waals surface area contributed by atoms with Crippen LogP contribution in [-0.4, -0.2) is 30.9 Å². The molecule has 0 bridgehead atoms. The van der Waals surface area contributed by atoms with Crippen molar-refractivity contribution in [3.8, 4) is 0 Å². The molecular weight excluding hydrogens is 380 g/mol. The molecule has 3 rings (SSSR count). The van der Waals surface area contributed by atoms with Gasteiger partial charge in [0, 0.05) is 24.3 Å². The molecule has 6 heteroatoms. The Hall–Kier alpha value is -3.15. The molecule has 1 atom stereocenters. The summed E-state index contributed by atoms with van der Waals surface area (Å²) in [5.41, 5.74) is 4.02. The van der Waals surface area contributed by atoms with Crippen molar-refractivity contribution < 1.29 is 19.1 Å². The number of esters is 1. The Morgan fingerprint density at radius 2 is 1.83 bits per heavy atom. The largest absolute Gasteiger partial charge is 0.462 e. The summed E-state index contributed by atoms with van der Waals surface area (Å²) in [5, 5.41) is 2.85. The molecule has 2 aromatic rings. The molecule has 6 nitrogen and oxygen atoms in total. The molecule has 0 saturated carbocycles. The predicted octanol–water partition coefficient (Wildman–Crippen LogP) is 4.11. The molecule has 2 aromatic carbocycles. The fourth-order valence-corrected chi connectivity index (χ4v) is 3.48. The van der Waals surface area contributed by atoms with Gasteiger partial charge in [-0.15, -0.1) is 0 Å². The summed E-state index contributed by atoms with van der Waals surface area (Å²) in [5.74, 6) is -0.790. The van der Waals surface area contributed by atoms with Crippen molar-refractivity contribution in [1.82, 2.24) is 0 Å². The van der Waals surface area contributed by atoms with Gasteiger partial charge in [-0.3, -0.25) is 9.59 Å². The summed E-state index contributed by atoms with van der Waals surface area (Å²) in [6.45, 7) is 8.64. The Balaban J connectivity index is 1.61. The van der Waals surface area contributed by atoms with Gasteiger partial charge in [-0.1, -0.05) is 31.5 Å². The summed E-state index contributed by atoms with van der Waals surface area (Å²) < 4.78 is 5.21. The average molecular weight is 408 g/mol. The van der Waals surface area contributed by atoms with Gasteiger partial charge in [0.1, 0.15) is 0 Å². The van der Waals surface area contributed by atoms with Crippen LogP contribution < -0.4 is 10.2 Å². The number of ether oxygens (including phenoxy) is 1. The summed E-state index contributed by atoms with van der Waals surface area (Å²) >= 11 is 0. The highest BCUT2D eigenvalue weighted by molar-refractivity contribution is 6.04. The summed E-state index contributed by atoms with van der Waals surface area (Å²) in [4.78, 5) is 38.9. The van der Waals surface area contributed by atoms with Crippen LogP contribution in [0.2, 0.25) is 0 Å². The highest BCUT2D eigenvalue weighted by Gasteiger charge is 2.35. The first-order valence-electron chi connectivity index (χ1n) is 10.2. The summed E-state index contributed by atoms with van der Waals surface area (Å²) in [6.07, 6.45) is 0.179. The molecular formula is C24H28N2O4. The number of nitrogens with one attached hydrogen (secondary N) is 1. The Morgan fingerprint density at radius 1 is 1.13 bits per heavy atom. The number of aryl methyl sites for hydroxylation is 2. The summed E-state index contributed by atoms with van der Waals surface area (Å²) in [6, 6.07) is 12.5. The van der Waals surface area contributed by atoms with Gasteiger partial charge in [0.05, 0.1) is 18.1 Å². The Labute approximate surface area is 177 Å². The molecule has 0 aromatic heterocycles. The van der Waals surface area contributed by atoms with Crippen LogP contribution in [0.25, 0.3) is 0 Å². The first-order valence-corrected chi connectivity index (χ1v) is 10.2. The van der Waals surface area contributed by atoms with Crippen LogP contribution in [-0.2, 0) is 14.3 Å². The second kappa shape index (κ2) is 9.11. The molecule has 2 amide bonds. The monoisotopic (exact) mass is 408 g/mol. The predicted molar refractivity (Wildman–Crippen MR) is 117 cm³/mol. The van der Waals surface area contributed by atoms with Gasteiger partial charge >= 0.3 is 5.97 Å². The lowest BCUT2D eigenvalue weighted by molar-refractivity contribution is -0.122. The number of nitrogens with zero attached hydrogens (tertiary/aromatic N) is 1. The molecule has 30 heavy (non-hydrogen) atoms. The lowest BCUT2D eigenvalue weighted by Gasteiger charge is -2.19. The minimum atomic E-state index is -0.422. The zero-order chi connectivity index (χ0) is 21.8. The zero-order valence-corrected chi connectivity index (χ0v) is 17.9. The number of anilines is 2. The van der Waals surface area contributed by atoms with Gasteiger partial charge in [0.2, 0.25) is 11.8 Å². The molecule has 0 radical (unpaired) electrons. The smallest absolute Gasteiger partial charge is 0.338 e. The van der Waals surface area contributed by atoms with E-state index in [2.05, 4.69) is 5.32 Å². The fourth-order valence-electron chi connectivity index (χ4n) is 3.48.